The van der Waals surface area contributed by atoms with E-state index in [0.29, 0.717) is 6.54 Å². The second-order valence-electron chi connectivity index (χ2n) is 7.44. The number of likely N-dealkylation sites (N-methyl/N-ethyl adjacent to an activating group) is 1. The lowest BCUT2D eigenvalue weighted by Crippen LogP contribution is -2.46. The number of benzene rings is 1. The number of nitrogens with zero attached hydrogens (tertiary/aromatic N) is 3. The van der Waals surface area contributed by atoms with Crippen molar-refractivity contribution in [1.82, 2.24) is 20.4 Å². The molecule has 1 heterocycles. The Morgan fingerprint density at radius 1 is 1.07 bits per heavy atom. The number of nitrogens with one attached hydrogen (secondary N) is 2. The zero-order valence-electron chi connectivity index (χ0n) is 18.6. The van der Waals surface area contributed by atoms with Crippen LogP contribution in [0.2, 0.25) is 0 Å². The molecule has 7 heteroatoms. The molecule has 0 aromatic heterocycles. The predicted octanol–water partition coefficient (Wildman–Crippen LogP) is 2.05. The summed E-state index contributed by atoms with van der Waals surface area (Å²) in [6.45, 7) is 13.1. The van der Waals surface area contributed by atoms with Gasteiger partial charge in [-0.2, -0.15) is 0 Å². The standard InChI is InChI=1S/C22H39N5O2/c1-5-26-14-16-27(17-15-26)13-9-8-12-24-22(23-3)25-18-19(2)29-21-11-7-6-10-20(21)28-4/h6-7,10-11,19H,5,8-9,12-18H2,1-4H3,(H2,23,24,25). The molecule has 2 N–H and O–H groups in total. The fourth-order valence-electron chi connectivity index (χ4n) is 3.43. The summed E-state index contributed by atoms with van der Waals surface area (Å²) in [5, 5.41) is 6.73. The van der Waals surface area contributed by atoms with E-state index in [1.165, 1.54) is 45.7 Å². The maximum Gasteiger partial charge on any atom is 0.191 e. The van der Waals surface area contributed by atoms with E-state index >= 15 is 0 Å². The van der Waals surface area contributed by atoms with Gasteiger partial charge in [0.1, 0.15) is 6.10 Å². The zero-order chi connectivity index (χ0) is 20.9. The van der Waals surface area contributed by atoms with Crippen molar-refractivity contribution in [3.63, 3.8) is 0 Å². The van der Waals surface area contributed by atoms with Crippen LogP contribution in [0.4, 0.5) is 0 Å². The number of methoxy groups -OCH3 is 1. The van der Waals surface area contributed by atoms with Crippen molar-refractivity contribution < 1.29 is 9.47 Å². The molecule has 1 aliphatic heterocycles. The number of rotatable bonds is 11. The van der Waals surface area contributed by atoms with Crippen LogP contribution < -0.4 is 20.1 Å². The van der Waals surface area contributed by atoms with Crippen LogP contribution in [0.25, 0.3) is 0 Å². The largest absolute Gasteiger partial charge is 0.493 e. The third-order valence-electron chi connectivity index (χ3n) is 5.28. The smallest absolute Gasteiger partial charge is 0.191 e. The van der Waals surface area contributed by atoms with Crippen molar-refractivity contribution >= 4 is 5.96 Å². The lowest BCUT2D eigenvalue weighted by molar-refractivity contribution is 0.136. The Morgan fingerprint density at radius 2 is 1.76 bits per heavy atom. The van der Waals surface area contributed by atoms with Gasteiger partial charge in [-0.15, -0.1) is 0 Å². The molecule has 1 fully saturated rings. The Kier molecular flexibility index (Phi) is 10.7. The van der Waals surface area contributed by atoms with E-state index < -0.39 is 0 Å². The highest BCUT2D eigenvalue weighted by Crippen LogP contribution is 2.26. The van der Waals surface area contributed by atoms with Crippen LogP contribution in [0.3, 0.4) is 0 Å². The minimum Gasteiger partial charge on any atom is -0.493 e. The minimum absolute atomic E-state index is 0.00774. The lowest BCUT2D eigenvalue weighted by Gasteiger charge is -2.34. The quantitative estimate of drug-likeness (QED) is 0.334. The molecule has 1 atom stereocenters. The van der Waals surface area contributed by atoms with Crippen LogP contribution in [0, 0.1) is 0 Å². The summed E-state index contributed by atoms with van der Waals surface area (Å²) in [4.78, 5) is 9.40. The highest BCUT2D eigenvalue weighted by atomic mass is 16.5. The number of piperazine rings is 1. The molecule has 164 valence electrons. The first kappa shape index (κ1) is 23.3. The molecule has 0 saturated carbocycles. The molecule has 0 aliphatic carbocycles. The molecule has 1 saturated heterocycles. The van der Waals surface area contributed by atoms with E-state index in [1.807, 2.05) is 31.2 Å². The monoisotopic (exact) mass is 405 g/mol. The van der Waals surface area contributed by atoms with Gasteiger partial charge in [-0.1, -0.05) is 19.1 Å². The summed E-state index contributed by atoms with van der Waals surface area (Å²) in [5.41, 5.74) is 0. The van der Waals surface area contributed by atoms with Crippen molar-refractivity contribution in [2.75, 3.05) is 66.5 Å². The van der Waals surface area contributed by atoms with Crippen LogP contribution >= 0.6 is 0 Å². The molecule has 2 rings (SSSR count). The summed E-state index contributed by atoms with van der Waals surface area (Å²) < 4.78 is 11.3. The first-order valence-corrected chi connectivity index (χ1v) is 10.8. The normalized spacial score (nSPS) is 17.0. The number of para-hydroxylation sites is 2. The highest BCUT2D eigenvalue weighted by Gasteiger charge is 2.14. The van der Waals surface area contributed by atoms with Crippen molar-refractivity contribution in [3.8, 4) is 11.5 Å². The Morgan fingerprint density at radius 3 is 2.41 bits per heavy atom. The molecular formula is C22H39N5O2. The molecule has 0 bridgehead atoms. The van der Waals surface area contributed by atoms with Crippen LogP contribution in [-0.4, -0.2) is 88.4 Å². The zero-order valence-corrected chi connectivity index (χ0v) is 18.6. The molecule has 7 nitrogen and oxygen atoms in total. The first-order chi connectivity index (χ1) is 14.2. The topological polar surface area (TPSA) is 61.4 Å². The van der Waals surface area contributed by atoms with Crippen LogP contribution in [0.5, 0.6) is 11.5 Å². The van der Waals surface area contributed by atoms with Gasteiger partial charge in [-0.05, 0) is 45.0 Å². The van der Waals surface area contributed by atoms with Gasteiger partial charge in [0.15, 0.2) is 17.5 Å². The Balaban J connectivity index is 1.58. The molecule has 0 spiro atoms. The summed E-state index contributed by atoms with van der Waals surface area (Å²) >= 11 is 0. The van der Waals surface area contributed by atoms with E-state index in [0.717, 1.165) is 30.4 Å². The van der Waals surface area contributed by atoms with E-state index in [4.69, 9.17) is 9.47 Å². The van der Waals surface area contributed by atoms with Gasteiger partial charge in [0, 0.05) is 39.8 Å². The maximum atomic E-state index is 5.98. The summed E-state index contributed by atoms with van der Waals surface area (Å²) in [5.74, 6) is 2.32. The van der Waals surface area contributed by atoms with Gasteiger partial charge in [-0.3, -0.25) is 4.99 Å². The van der Waals surface area contributed by atoms with Crippen molar-refractivity contribution in [1.29, 1.82) is 0 Å². The third-order valence-corrected chi connectivity index (χ3v) is 5.28. The second-order valence-corrected chi connectivity index (χ2v) is 7.44. The van der Waals surface area contributed by atoms with Crippen LogP contribution in [-0.2, 0) is 0 Å². The lowest BCUT2D eigenvalue weighted by atomic mass is 10.2. The number of unbranched alkanes of at least 4 members (excludes halogenated alkanes) is 1. The average Bonchev–Trinajstić information content (AvgIpc) is 2.76. The molecule has 1 aliphatic rings. The summed E-state index contributed by atoms with van der Waals surface area (Å²) in [7, 11) is 3.45. The van der Waals surface area contributed by atoms with Crippen molar-refractivity contribution in [2.45, 2.75) is 32.8 Å². The van der Waals surface area contributed by atoms with E-state index in [9.17, 15) is 0 Å². The number of hydrogen-bond donors (Lipinski definition) is 2. The van der Waals surface area contributed by atoms with Gasteiger partial charge < -0.3 is 29.9 Å². The Hall–Kier alpha value is -1.99. The third kappa shape index (κ3) is 8.50. The number of aliphatic imine (C=N–C) groups is 1. The molecule has 1 aromatic carbocycles. The van der Waals surface area contributed by atoms with Gasteiger partial charge >= 0.3 is 0 Å². The van der Waals surface area contributed by atoms with E-state index in [1.54, 1.807) is 14.2 Å². The van der Waals surface area contributed by atoms with E-state index in [-0.39, 0.29) is 6.10 Å². The average molecular weight is 406 g/mol. The number of hydrogen-bond acceptors (Lipinski definition) is 5. The minimum atomic E-state index is -0.00774. The SMILES string of the molecule is CCN1CCN(CCCCNC(=NC)NCC(C)Oc2ccccc2OC)CC1. The molecular weight excluding hydrogens is 366 g/mol. The van der Waals surface area contributed by atoms with E-state index in [2.05, 4.69) is 32.3 Å². The summed E-state index contributed by atoms with van der Waals surface area (Å²) in [6, 6.07) is 7.71. The van der Waals surface area contributed by atoms with Gasteiger partial charge in [0.05, 0.1) is 13.7 Å². The first-order valence-electron chi connectivity index (χ1n) is 10.8. The molecule has 1 unspecified atom stereocenters. The highest BCUT2D eigenvalue weighted by molar-refractivity contribution is 5.79. The van der Waals surface area contributed by atoms with Crippen molar-refractivity contribution in [3.05, 3.63) is 24.3 Å². The van der Waals surface area contributed by atoms with Crippen LogP contribution in [0.15, 0.2) is 29.3 Å². The van der Waals surface area contributed by atoms with Gasteiger partial charge in [0.2, 0.25) is 0 Å². The van der Waals surface area contributed by atoms with Crippen molar-refractivity contribution in [2.24, 2.45) is 4.99 Å². The Bertz CT molecular complexity index is 603. The Labute approximate surface area is 176 Å². The molecule has 0 amide bonds. The van der Waals surface area contributed by atoms with Crippen LogP contribution in [0.1, 0.15) is 26.7 Å². The molecule has 0 radical (unpaired) electrons. The fraction of sp³-hybridized carbons (Fsp3) is 0.682. The molecule has 29 heavy (non-hydrogen) atoms. The van der Waals surface area contributed by atoms with Gasteiger partial charge in [-0.25, -0.2) is 0 Å². The summed E-state index contributed by atoms with van der Waals surface area (Å²) in [6.07, 6.45) is 2.34. The van der Waals surface area contributed by atoms with Gasteiger partial charge in [0.25, 0.3) is 0 Å². The maximum absolute atomic E-state index is 5.98. The fourth-order valence-corrected chi connectivity index (χ4v) is 3.43. The predicted molar refractivity (Wildman–Crippen MR) is 120 cm³/mol. The number of guanidine groups is 1. The number of ether oxygens (including phenoxy) is 2. The molecule has 1 aromatic rings. The second kappa shape index (κ2) is 13.3.